The van der Waals surface area contributed by atoms with Gasteiger partial charge in [-0.3, -0.25) is 9.78 Å². The minimum atomic E-state index is -1.51. The molecular weight excluding hydrogens is 400 g/mol. The molecule has 6 nitrogen and oxygen atoms in total. The molecule has 0 radical (unpaired) electrons. The number of fused-ring (bicyclic) bond motifs is 3. The minimum Gasteiger partial charge on any atom is -0.340 e. The van der Waals surface area contributed by atoms with E-state index in [9.17, 15) is 10.1 Å². The van der Waals surface area contributed by atoms with Crippen LogP contribution >= 0.6 is 0 Å². The maximum Gasteiger partial charge on any atom is 0.210 e. The molecule has 0 amide bonds. The number of carbonyl (C=O) groups excluding carboxylic acids is 1. The summed E-state index contributed by atoms with van der Waals surface area (Å²) in [5, 5.41) is 9.82. The summed E-state index contributed by atoms with van der Waals surface area (Å²) in [6, 6.07) is 15.9. The van der Waals surface area contributed by atoms with Crippen molar-refractivity contribution in [2.75, 3.05) is 0 Å². The second-order valence-electron chi connectivity index (χ2n) is 8.98. The Balaban J connectivity index is 1.78. The zero-order chi connectivity index (χ0) is 22.5. The van der Waals surface area contributed by atoms with Gasteiger partial charge in [-0.2, -0.15) is 5.26 Å². The van der Waals surface area contributed by atoms with Gasteiger partial charge in [0.15, 0.2) is 11.6 Å². The number of ether oxygens (including phenoxy) is 1. The summed E-state index contributed by atoms with van der Waals surface area (Å²) in [7, 11) is 0. The Morgan fingerprint density at radius 1 is 1.06 bits per heavy atom. The Kier molecular flexibility index (Phi) is 4.68. The molecule has 2 aliphatic rings. The van der Waals surface area contributed by atoms with Crippen LogP contribution in [-0.2, 0) is 21.6 Å². The van der Waals surface area contributed by atoms with Crippen molar-refractivity contribution < 1.29 is 9.53 Å². The van der Waals surface area contributed by atoms with Crippen LogP contribution in [-0.4, -0.2) is 26.3 Å². The van der Waals surface area contributed by atoms with Crippen LogP contribution in [0.4, 0.5) is 0 Å². The average molecular weight is 425 g/mol. The minimum absolute atomic E-state index is 0.0623. The highest BCUT2D eigenvalue weighted by atomic mass is 16.5. The fourth-order valence-electron chi connectivity index (χ4n) is 5.37. The van der Waals surface area contributed by atoms with E-state index in [2.05, 4.69) is 11.1 Å². The molecule has 0 saturated carbocycles. The predicted octanol–water partition coefficient (Wildman–Crippen LogP) is 4.50. The molecule has 1 aliphatic carbocycles. The van der Waals surface area contributed by atoms with Gasteiger partial charge in [0.25, 0.3) is 0 Å². The zero-order valence-corrected chi connectivity index (χ0v) is 18.4. The third kappa shape index (κ3) is 2.96. The lowest BCUT2D eigenvalue weighted by Gasteiger charge is -2.51. The van der Waals surface area contributed by atoms with Crippen LogP contribution in [0.3, 0.4) is 0 Å². The van der Waals surface area contributed by atoms with Crippen LogP contribution in [0.5, 0.6) is 0 Å². The molecule has 1 aromatic carbocycles. The van der Waals surface area contributed by atoms with Crippen molar-refractivity contribution >= 4 is 5.78 Å². The van der Waals surface area contributed by atoms with E-state index in [0.29, 0.717) is 5.82 Å². The molecule has 3 aromatic rings. The lowest BCUT2D eigenvalue weighted by atomic mass is 9.64. The monoisotopic (exact) mass is 424 g/mol. The summed E-state index contributed by atoms with van der Waals surface area (Å²) in [6.45, 7) is 5.47. The molecule has 1 fully saturated rings. The van der Waals surface area contributed by atoms with Crippen molar-refractivity contribution in [2.45, 2.75) is 44.8 Å². The van der Waals surface area contributed by atoms with E-state index in [1.54, 1.807) is 19.3 Å². The molecule has 1 aliphatic heterocycles. The molecule has 160 valence electrons. The van der Waals surface area contributed by atoms with E-state index in [1.165, 1.54) is 0 Å². The third-order valence-electron chi connectivity index (χ3n) is 6.99. The standard InChI is InChI=1S/C26H24N4O2/c1-16-20-10-9-19-21(17-7-5-4-6-8-17)29-24(18-11-13-28-14-12-18)30-22(19)26(20,3)32-25(2,15-27)23(16)31/h4-8,11-14,16,20H,9-10H2,1-3H3/t16-,20-,25-,26-/m1/s1. The van der Waals surface area contributed by atoms with Crippen LogP contribution in [0.15, 0.2) is 54.9 Å². The number of nitrogens with zero attached hydrogens (tertiary/aromatic N) is 4. The SMILES string of the molecule is C[C@H]1C(=O)[C@@](C)(C#N)O[C@@]2(C)c3nc(-c4ccncc4)nc(-c4ccccc4)c3CC[C@H]12. The van der Waals surface area contributed by atoms with Gasteiger partial charge in [-0.05, 0) is 38.8 Å². The van der Waals surface area contributed by atoms with Crippen molar-refractivity contribution in [3.05, 3.63) is 66.1 Å². The Morgan fingerprint density at radius 2 is 1.78 bits per heavy atom. The molecule has 6 heteroatoms. The number of carbonyl (C=O) groups is 1. The number of hydrogen-bond acceptors (Lipinski definition) is 6. The first-order chi connectivity index (χ1) is 15.4. The molecule has 0 unspecified atom stereocenters. The fraction of sp³-hybridized carbons (Fsp3) is 0.346. The maximum atomic E-state index is 13.0. The highest BCUT2D eigenvalue weighted by Crippen LogP contribution is 2.53. The number of Topliss-reactive ketones (excluding diaryl/α,β-unsaturated/α-hetero) is 1. The molecule has 3 heterocycles. The number of ketones is 1. The number of pyridine rings is 1. The Morgan fingerprint density at radius 3 is 2.47 bits per heavy atom. The van der Waals surface area contributed by atoms with E-state index in [-0.39, 0.29) is 17.6 Å². The van der Waals surface area contributed by atoms with Gasteiger partial charge in [-0.1, -0.05) is 37.3 Å². The number of rotatable bonds is 2. The second-order valence-corrected chi connectivity index (χ2v) is 8.98. The normalized spacial score (nSPS) is 29.0. The van der Waals surface area contributed by atoms with Gasteiger partial charge in [-0.15, -0.1) is 0 Å². The first-order valence-electron chi connectivity index (χ1n) is 10.9. The van der Waals surface area contributed by atoms with E-state index in [4.69, 9.17) is 14.7 Å². The fourth-order valence-corrected chi connectivity index (χ4v) is 5.37. The smallest absolute Gasteiger partial charge is 0.210 e. The number of aromatic nitrogens is 3. The molecule has 2 aromatic heterocycles. The Hall–Kier alpha value is -3.43. The summed E-state index contributed by atoms with van der Waals surface area (Å²) in [5.41, 5.74) is 2.15. The zero-order valence-electron chi connectivity index (χ0n) is 18.4. The highest BCUT2D eigenvalue weighted by molar-refractivity contribution is 5.93. The predicted molar refractivity (Wildman–Crippen MR) is 119 cm³/mol. The van der Waals surface area contributed by atoms with Crippen LogP contribution in [0.1, 0.15) is 38.4 Å². The Bertz CT molecular complexity index is 1240. The molecule has 32 heavy (non-hydrogen) atoms. The van der Waals surface area contributed by atoms with Gasteiger partial charge in [0, 0.05) is 40.9 Å². The summed E-state index contributed by atoms with van der Waals surface area (Å²) in [5.74, 6) is 0.0649. The number of benzene rings is 1. The van der Waals surface area contributed by atoms with Crippen LogP contribution < -0.4 is 0 Å². The third-order valence-corrected chi connectivity index (χ3v) is 6.99. The molecular formula is C26H24N4O2. The summed E-state index contributed by atoms with van der Waals surface area (Å²) >= 11 is 0. The number of hydrogen-bond donors (Lipinski definition) is 0. The summed E-state index contributed by atoms with van der Waals surface area (Å²) in [6.07, 6.45) is 4.96. The van der Waals surface area contributed by atoms with Crippen molar-refractivity contribution in [1.29, 1.82) is 5.26 Å². The topological polar surface area (TPSA) is 88.8 Å². The first-order valence-corrected chi connectivity index (χ1v) is 10.9. The van der Waals surface area contributed by atoms with Crippen LogP contribution in [0.2, 0.25) is 0 Å². The second kappa shape index (κ2) is 7.32. The lowest BCUT2D eigenvalue weighted by molar-refractivity contribution is -0.206. The first kappa shape index (κ1) is 20.5. The van der Waals surface area contributed by atoms with E-state index in [0.717, 1.165) is 40.9 Å². The highest BCUT2D eigenvalue weighted by Gasteiger charge is 2.59. The molecule has 5 rings (SSSR count). The van der Waals surface area contributed by atoms with Gasteiger partial charge in [0.2, 0.25) is 5.60 Å². The average Bonchev–Trinajstić information content (AvgIpc) is 2.83. The molecule has 0 bridgehead atoms. The van der Waals surface area contributed by atoms with Crippen molar-refractivity contribution in [1.82, 2.24) is 15.0 Å². The van der Waals surface area contributed by atoms with Gasteiger partial charge >= 0.3 is 0 Å². The quantitative estimate of drug-likeness (QED) is 0.602. The Labute approximate surface area is 187 Å². The number of nitriles is 1. The van der Waals surface area contributed by atoms with E-state index >= 15 is 0 Å². The molecule has 1 saturated heterocycles. The van der Waals surface area contributed by atoms with Gasteiger partial charge in [-0.25, -0.2) is 9.97 Å². The molecule has 0 N–H and O–H groups in total. The van der Waals surface area contributed by atoms with E-state index in [1.807, 2.05) is 56.3 Å². The van der Waals surface area contributed by atoms with Crippen molar-refractivity contribution in [3.63, 3.8) is 0 Å². The summed E-state index contributed by atoms with van der Waals surface area (Å²) < 4.78 is 6.39. The van der Waals surface area contributed by atoms with Crippen molar-refractivity contribution in [2.24, 2.45) is 11.8 Å². The lowest BCUT2D eigenvalue weighted by Crippen LogP contribution is -2.59. The largest absolute Gasteiger partial charge is 0.340 e. The van der Waals surface area contributed by atoms with Gasteiger partial charge in [0.1, 0.15) is 11.7 Å². The summed E-state index contributed by atoms with van der Waals surface area (Å²) in [4.78, 5) is 27.0. The maximum absolute atomic E-state index is 13.0. The molecule has 0 spiro atoms. The molecule has 4 atom stereocenters. The van der Waals surface area contributed by atoms with Crippen LogP contribution in [0.25, 0.3) is 22.6 Å². The van der Waals surface area contributed by atoms with Gasteiger partial charge < -0.3 is 4.74 Å². The van der Waals surface area contributed by atoms with Gasteiger partial charge in [0.05, 0.1) is 11.4 Å². The van der Waals surface area contributed by atoms with E-state index < -0.39 is 11.2 Å². The van der Waals surface area contributed by atoms with Crippen molar-refractivity contribution in [3.8, 4) is 28.7 Å². The van der Waals surface area contributed by atoms with Crippen LogP contribution in [0, 0.1) is 23.2 Å².